The van der Waals surface area contributed by atoms with E-state index in [-0.39, 0.29) is 6.04 Å². The maximum Gasteiger partial charge on any atom is 0.122 e. The third-order valence-corrected chi connectivity index (χ3v) is 4.32. The van der Waals surface area contributed by atoms with Crippen molar-refractivity contribution in [1.82, 2.24) is 0 Å². The first-order valence-corrected chi connectivity index (χ1v) is 7.12. The molecule has 0 saturated carbocycles. The van der Waals surface area contributed by atoms with Crippen LogP contribution in [0.5, 0.6) is 5.75 Å². The van der Waals surface area contributed by atoms with Crippen LogP contribution in [-0.4, -0.2) is 7.11 Å². The second-order valence-corrected chi connectivity index (χ2v) is 5.50. The van der Waals surface area contributed by atoms with Crippen LogP contribution in [-0.2, 0) is 6.42 Å². The van der Waals surface area contributed by atoms with E-state index in [4.69, 9.17) is 22.1 Å². The predicted octanol–water partition coefficient (Wildman–Crippen LogP) is 4.35. The number of nitrogens with two attached hydrogens (primary N) is 1. The first-order valence-electron chi connectivity index (χ1n) is 5.95. The number of methoxy groups -OCH3 is 1. The molecule has 2 rings (SSSR count). The molecule has 2 aromatic rings. The van der Waals surface area contributed by atoms with Crippen molar-refractivity contribution in [3.63, 3.8) is 0 Å². The van der Waals surface area contributed by atoms with E-state index >= 15 is 0 Å². The summed E-state index contributed by atoms with van der Waals surface area (Å²) in [4.78, 5) is 0. The van der Waals surface area contributed by atoms with E-state index in [2.05, 4.69) is 15.9 Å². The highest BCUT2D eigenvalue weighted by Gasteiger charge is 2.14. The maximum absolute atomic E-state index is 6.27. The number of hydrogen-bond donors (Lipinski definition) is 1. The first-order chi connectivity index (χ1) is 9.13. The molecule has 0 radical (unpaired) electrons. The highest BCUT2D eigenvalue weighted by atomic mass is 79.9. The van der Waals surface area contributed by atoms with E-state index < -0.39 is 0 Å². The smallest absolute Gasteiger partial charge is 0.122 e. The van der Waals surface area contributed by atoms with E-state index in [0.717, 1.165) is 21.3 Å². The lowest BCUT2D eigenvalue weighted by molar-refractivity contribution is 0.408. The molecule has 19 heavy (non-hydrogen) atoms. The molecule has 2 nitrogen and oxygen atoms in total. The van der Waals surface area contributed by atoms with E-state index in [1.54, 1.807) is 7.11 Å². The Bertz CT molecular complexity index is 574. The van der Waals surface area contributed by atoms with Gasteiger partial charge in [-0.1, -0.05) is 41.9 Å². The van der Waals surface area contributed by atoms with Gasteiger partial charge < -0.3 is 10.5 Å². The number of para-hydroxylation sites is 1. The molecule has 2 aromatic carbocycles. The number of ether oxygens (including phenoxy) is 1. The third-order valence-electron chi connectivity index (χ3n) is 3.01. The zero-order valence-corrected chi connectivity index (χ0v) is 12.9. The van der Waals surface area contributed by atoms with Gasteiger partial charge >= 0.3 is 0 Å². The van der Waals surface area contributed by atoms with Crippen LogP contribution in [0.15, 0.2) is 46.9 Å². The van der Waals surface area contributed by atoms with Crippen LogP contribution in [0.4, 0.5) is 0 Å². The molecular weight excluding hydrogens is 326 g/mol. The van der Waals surface area contributed by atoms with Crippen LogP contribution in [0, 0.1) is 0 Å². The zero-order valence-electron chi connectivity index (χ0n) is 10.6. The van der Waals surface area contributed by atoms with Crippen LogP contribution in [0.3, 0.4) is 0 Å². The van der Waals surface area contributed by atoms with Gasteiger partial charge in [0.2, 0.25) is 0 Å². The highest BCUT2D eigenvalue weighted by molar-refractivity contribution is 9.10. The summed E-state index contributed by atoms with van der Waals surface area (Å²) in [6, 6.07) is 13.5. The topological polar surface area (TPSA) is 35.2 Å². The number of benzene rings is 2. The van der Waals surface area contributed by atoms with Gasteiger partial charge in [-0.05, 0) is 45.6 Å². The second-order valence-electron chi connectivity index (χ2n) is 4.27. The Labute approximate surface area is 126 Å². The average molecular weight is 341 g/mol. The van der Waals surface area contributed by atoms with Crippen LogP contribution in [0.25, 0.3) is 0 Å². The lowest BCUT2D eigenvalue weighted by Crippen LogP contribution is -2.14. The molecule has 1 atom stereocenters. The summed E-state index contributed by atoms with van der Waals surface area (Å²) >= 11 is 9.69. The number of hydrogen-bond acceptors (Lipinski definition) is 2. The van der Waals surface area contributed by atoms with Gasteiger partial charge in [-0.2, -0.15) is 0 Å². The Balaban J connectivity index is 2.26. The van der Waals surface area contributed by atoms with Gasteiger partial charge in [0.1, 0.15) is 5.75 Å². The summed E-state index contributed by atoms with van der Waals surface area (Å²) in [6.07, 6.45) is 0.681. The third kappa shape index (κ3) is 3.30. The standard InChI is InChI=1S/C15H15BrClNO/c1-19-14-8-3-2-5-10(14)9-13(18)11-6-4-7-12(16)15(11)17/h2-8,13H,9,18H2,1H3. The molecule has 0 aliphatic heterocycles. The largest absolute Gasteiger partial charge is 0.496 e. The van der Waals surface area contributed by atoms with E-state index in [9.17, 15) is 0 Å². The summed E-state index contributed by atoms with van der Waals surface area (Å²) in [5, 5.41) is 0.671. The minimum Gasteiger partial charge on any atom is -0.496 e. The molecule has 100 valence electrons. The van der Waals surface area contributed by atoms with E-state index in [0.29, 0.717) is 11.4 Å². The first kappa shape index (κ1) is 14.4. The minimum atomic E-state index is -0.165. The molecular formula is C15H15BrClNO. The second kappa shape index (κ2) is 6.42. The monoisotopic (exact) mass is 339 g/mol. The van der Waals surface area contributed by atoms with Gasteiger partial charge in [0.15, 0.2) is 0 Å². The van der Waals surface area contributed by atoms with Crippen LogP contribution < -0.4 is 10.5 Å². The molecule has 0 amide bonds. The highest BCUT2D eigenvalue weighted by Crippen LogP contribution is 2.32. The lowest BCUT2D eigenvalue weighted by Gasteiger charge is -2.16. The van der Waals surface area contributed by atoms with Gasteiger partial charge in [0.05, 0.1) is 12.1 Å². The van der Waals surface area contributed by atoms with Crippen molar-refractivity contribution in [3.8, 4) is 5.75 Å². The zero-order chi connectivity index (χ0) is 13.8. The Morgan fingerprint density at radius 2 is 1.95 bits per heavy atom. The van der Waals surface area contributed by atoms with Crippen LogP contribution in [0.2, 0.25) is 5.02 Å². The Morgan fingerprint density at radius 3 is 2.68 bits per heavy atom. The summed E-state index contributed by atoms with van der Waals surface area (Å²) in [6.45, 7) is 0. The molecule has 0 aromatic heterocycles. The van der Waals surface area contributed by atoms with E-state index in [1.807, 2.05) is 42.5 Å². The van der Waals surface area contributed by atoms with Crippen molar-refractivity contribution in [3.05, 3.63) is 63.1 Å². The quantitative estimate of drug-likeness (QED) is 0.898. The number of rotatable bonds is 4. The Morgan fingerprint density at radius 1 is 1.21 bits per heavy atom. The fraction of sp³-hybridized carbons (Fsp3) is 0.200. The maximum atomic E-state index is 6.27. The molecule has 0 fully saturated rings. The fourth-order valence-electron chi connectivity index (χ4n) is 2.03. The summed E-state index contributed by atoms with van der Waals surface area (Å²) in [7, 11) is 1.66. The predicted molar refractivity (Wildman–Crippen MR) is 82.8 cm³/mol. The molecule has 4 heteroatoms. The van der Waals surface area contributed by atoms with Gasteiger partial charge in [-0.15, -0.1) is 0 Å². The Kier molecular flexibility index (Phi) is 4.86. The molecule has 0 heterocycles. The molecule has 2 N–H and O–H groups in total. The van der Waals surface area contributed by atoms with Gasteiger partial charge in [0, 0.05) is 10.5 Å². The van der Waals surface area contributed by atoms with Crippen LogP contribution >= 0.6 is 27.5 Å². The SMILES string of the molecule is COc1ccccc1CC(N)c1cccc(Br)c1Cl. The Hall–Kier alpha value is -1.03. The molecule has 0 spiro atoms. The van der Waals surface area contributed by atoms with Gasteiger partial charge in [0.25, 0.3) is 0 Å². The van der Waals surface area contributed by atoms with Crippen molar-refractivity contribution in [2.45, 2.75) is 12.5 Å². The molecule has 1 unspecified atom stereocenters. The average Bonchev–Trinajstić information content (AvgIpc) is 2.42. The normalized spacial score (nSPS) is 12.2. The fourth-order valence-corrected chi connectivity index (χ4v) is 2.67. The molecule has 0 aliphatic carbocycles. The number of halogens is 2. The van der Waals surface area contributed by atoms with Crippen molar-refractivity contribution in [1.29, 1.82) is 0 Å². The van der Waals surface area contributed by atoms with Gasteiger partial charge in [-0.25, -0.2) is 0 Å². The molecule has 0 aliphatic rings. The molecule has 0 saturated heterocycles. The van der Waals surface area contributed by atoms with Crippen molar-refractivity contribution >= 4 is 27.5 Å². The van der Waals surface area contributed by atoms with Gasteiger partial charge in [-0.3, -0.25) is 0 Å². The van der Waals surface area contributed by atoms with Crippen LogP contribution in [0.1, 0.15) is 17.2 Å². The lowest BCUT2D eigenvalue weighted by atomic mass is 9.99. The van der Waals surface area contributed by atoms with Crippen molar-refractivity contribution < 1.29 is 4.74 Å². The van der Waals surface area contributed by atoms with Crippen molar-refractivity contribution in [2.24, 2.45) is 5.73 Å². The summed E-state index contributed by atoms with van der Waals surface area (Å²) in [5.74, 6) is 0.851. The van der Waals surface area contributed by atoms with E-state index in [1.165, 1.54) is 0 Å². The molecule has 0 bridgehead atoms. The summed E-state index contributed by atoms with van der Waals surface area (Å²) < 4.78 is 6.20. The van der Waals surface area contributed by atoms with Crippen molar-refractivity contribution in [2.75, 3.05) is 7.11 Å². The minimum absolute atomic E-state index is 0.165. The summed E-state index contributed by atoms with van der Waals surface area (Å²) in [5.41, 5.74) is 8.27.